The zero-order chi connectivity index (χ0) is 17.8. The fourth-order valence-corrected chi connectivity index (χ4v) is 2.99. The third-order valence-electron chi connectivity index (χ3n) is 4.53. The lowest BCUT2D eigenvalue weighted by Gasteiger charge is -2.12. The minimum Gasteiger partial charge on any atom is -0.372 e. The standard InChI is InChI=1S/C21H21N3O2/c1-15(16-7-9-18(10-8-16)17-5-3-2-4-6-17)19-13-21(26-24-19)23-20-14-25-12-11-22-20/h2-10,13,15H,11-12,14H2,1H3,(H,22,23). The van der Waals surface area contributed by atoms with E-state index in [0.29, 0.717) is 25.6 Å². The van der Waals surface area contributed by atoms with E-state index in [-0.39, 0.29) is 5.92 Å². The van der Waals surface area contributed by atoms with Crippen LogP contribution in [0.15, 0.2) is 70.2 Å². The van der Waals surface area contributed by atoms with Crippen LogP contribution < -0.4 is 5.32 Å². The molecule has 0 saturated heterocycles. The van der Waals surface area contributed by atoms with Crippen molar-refractivity contribution in [3.63, 3.8) is 0 Å². The summed E-state index contributed by atoms with van der Waals surface area (Å²) in [7, 11) is 0. The van der Waals surface area contributed by atoms with Crippen LogP contribution in [0.4, 0.5) is 5.88 Å². The van der Waals surface area contributed by atoms with Crippen LogP contribution in [0.3, 0.4) is 0 Å². The molecular formula is C21H21N3O2. The van der Waals surface area contributed by atoms with Gasteiger partial charge in [0.2, 0.25) is 5.88 Å². The summed E-state index contributed by atoms with van der Waals surface area (Å²) in [5.74, 6) is 1.51. The van der Waals surface area contributed by atoms with Gasteiger partial charge >= 0.3 is 0 Å². The predicted molar refractivity (Wildman–Crippen MR) is 103 cm³/mol. The van der Waals surface area contributed by atoms with Crippen molar-refractivity contribution in [2.45, 2.75) is 12.8 Å². The molecule has 132 valence electrons. The Kier molecular flexibility index (Phi) is 4.80. The average Bonchev–Trinajstić information content (AvgIpc) is 3.17. The molecule has 0 amide bonds. The average molecular weight is 347 g/mol. The van der Waals surface area contributed by atoms with Crippen LogP contribution in [-0.2, 0) is 4.74 Å². The molecule has 5 nitrogen and oxygen atoms in total. The number of aliphatic imine (C=N–C) groups is 1. The van der Waals surface area contributed by atoms with Crippen LogP contribution in [-0.4, -0.2) is 30.8 Å². The second-order valence-corrected chi connectivity index (χ2v) is 6.33. The molecule has 1 atom stereocenters. The number of hydrogen-bond donors (Lipinski definition) is 1. The number of nitrogens with one attached hydrogen (secondary N) is 1. The molecule has 2 heterocycles. The summed E-state index contributed by atoms with van der Waals surface area (Å²) in [5, 5.41) is 7.34. The van der Waals surface area contributed by atoms with Gasteiger partial charge in [-0.1, -0.05) is 66.7 Å². The van der Waals surface area contributed by atoms with Crippen molar-refractivity contribution in [2.75, 3.05) is 25.1 Å². The second-order valence-electron chi connectivity index (χ2n) is 6.33. The largest absolute Gasteiger partial charge is 0.372 e. The molecule has 1 aliphatic heterocycles. The summed E-state index contributed by atoms with van der Waals surface area (Å²) in [6.45, 7) is 3.95. The molecule has 3 aromatic rings. The van der Waals surface area contributed by atoms with E-state index in [1.165, 1.54) is 16.7 Å². The van der Waals surface area contributed by atoms with E-state index in [2.05, 4.69) is 70.9 Å². The van der Waals surface area contributed by atoms with Gasteiger partial charge in [0.25, 0.3) is 0 Å². The number of hydrogen-bond acceptors (Lipinski definition) is 5. The van der Waals surface area contributed by atoms with Crippen molar-refractivity contribution in [2.24, 2.45) is 4.99 Å². The maximum absolute atomic E-state index is 5.41. The molecule has 0 saturated carbocycles. The highest BCUT2D eigenvalue weighted by atomic mass is 16.5. The van der Waals surface area contributed by atoms with Crippen molar-refractivity contribution in [1.82, 2.24) is 5.16 Å². The van der Waals surface area contributed by atoms with Gasteiger partial charge in [0.1, 0.15) is 12.4 Å². The van der Waals surface area contributed by atoms with Gasteiger partial charge in [-0.15, -0.1) is 0 Å². The summed E-state index contributed by atoms with van der Waals surface area (Å²) in [6, 6.07) is 20.9. The van der Waals surface area contributed by atoms with Gasteiger partial charge in [-0.3, -0.25) is 4.99 Å². The first-order valence-corrected chi connectivity index (χ1v) is 8.80. The number of amidine groups is 1. The normalized spacial score (nSPS) is 15.3. The number of anilines is 1. The quantitative estimate of drug-likeness (QED) is 0.763. The Morgan fingerprint density at radius 3 is 2.50 bits per heavy atom. The molecule has 0 fully saturated rings. The maximum Gasteiger partial charge on any atom is 0.230 e. The Labute approximate surface area is 152 Å². The Hall–Kier alpha value is -2.92. The van der Waals surface area contributed by atoms with E-state index in [0.717, 1.165) is 11.5 Å². The van der Waals surface area contributed by atoms with E-state index >= 15 is 0 Å². The number of ether oxygens (including phenoxy) is 1. The third kappa shape index (κ3) is 3.68. The number of nitrogens with zero attached hydrogens (tertiary/aromatic N) is 2. The number of benzene rings is 2. The number of rotatable bonds is 4. The van der Waals surface area contributed by atoms with Crippen LogP contribution in [0.5, 0.6) is 0 Å². The molecular weight excluding hydrogens is 326 g/mol. The smallest absolute Gasteiger partial charge is 0.230 e. The van der Waals surface area contributed by atoms with Gasteiger partial charge in [0.05, 0.1) is 18.8 Å². The molecule has 1 N–H and O–H groups in total. The van der Waals surface area contributed by atoms with Crippen LogP contribution in [0.2, 0.25) is 0 Å². The highest BCUT2D eigenvalue weighted by molar-refractivity contribution is 5.95. The van der Waals surface area contributed by atoms with Crippen molar-refractivity contribution in [1.29, 1.82) is 0 Å². The maximum atomic E-state index is 5.41. The van der Waals surface area contributed by atoms with E-state index in [1.807, 2.05) is 12.1 Å². The van der Waals surface area contributed by atoms with Gasteiger partial charge in [0, 0.05) is 12.0 Å². The minimum atomic E-state index is 0.142. The van der Waals surface area contributed by atoms with Crippen molar-refractivity contribution in [3.05, 3.63) is 71.9 Å². The Morgan fingerprint density at radius 2 is 1.77 bits per heavy atom. The topological polar surface area (TPSA) is 59.7 Å². The van der Waals surface area contributed by atoms with Crippen molar-refractivity contribution >= 4 is 11.7 Å². The van der Waals surface area contributed by atoms with Gasteiger partial charge in [0.15, 0.2) is 0 Å². The van der Waals surface area contributed by atoms with Gasteiger partial charge in [-0.05, 0) is 16.7 Å². The molecule has 1 aliphatic rings. The Morgan fingerprint density at radius 1 is 1.00 bits per heavy atom. The molecule has 0 bridgehead atoms. The SMILES string of the molecule is CC(c1ccc(-c2ccccc2)cc1)c1cc(NC2=NCCOC2)on1. The monoisotopic (exact) mass is 347 g/mol. The van der Waals surface area contributed by atoms with E-state index in [4.69, 9.17) is 9.26 Å². The zero-order valence-electron chi connectivity index (χ0n) is 14.7. The van der Waals surface area contributed by atoms with E-state index < -0.39 is 0 Å². The van der Waals surface area contributed by atoms with E-state index in [1.54, 1.807) is 0 Å². The van der Waals surface area contributed by atoms with Gasteiger partial charge < -0.3 is 14.6 Å². The minimum absolute atomic E-state index is 0.142. The van der Waals surface area contributed by atoms with Crippen molar-refractivity contribution < 1.29 is 9.26 Å². The van der Waals surface area contributed by atoms with Gasteiger partial charge in [-0.25, -0.2) is 0 Å². The van der Waals surface area contributed by atoms with Crippen LogP contribution in [0.25, 0.3) is 11.1 Å². The molecule has 0 radical (unpaired) electrons. The summed E-state index contributed by atoms with van der Waals surface area (Å²) in [5.41, 5.74) is 4.51. The molecule has 1 aromatic heterocycles. The highest BCUT2D eigenvalue weighted by Crippen LogP contribution is 2.28. The summed E-state index contributed by atoms with van der Waals surface area (Å²) in [4.78, 5) is 4.37. The number of aromatic nitrogens is 1. The van der Waals surface area contributed by atoms with Crippen LogP contribution >= 0.6 is 0 Å². The molecule has 4 rings (SSSR count). The Balaban J connectivity index is 1.47. The second kappa shape index (κ2) is 7.54. The van der Waals surface area contributed by atoms with Crippen LogP contribution in [0, 0.1) is 0 Å². The molecule has 26 heavy (non-hydrogen) atoms. The summed E-state index contributed by atoms with van der Waals surface area (Å²) >= 11 is 0. The lowest BCUT2D eigenvalue weighted by Crippen LogP contribution is -2.24. The van der Waals surface area contributed by atoms with E-state index in [9.17, 15) is 0 Å². The van der Waals surface area contributed by atoms with Crippen molar-refractivity contribution in [3.8, 4) is 11.1 Å². The molecule has 0 spiro atoms. The first-order chi connectivity index (χ1) is 12.8. The Bertz CT molecular complexity index is 885. The fraction of sp³-hybridized carbons (Fsp3) is 0.238. The summed E-state index contributed by atoms with van der Waals surface area (Å²) in [6.07, 6.45) is 0. The highest BCUT2D eigenvalue weighted by Gasteiger charge is 2.15. The first-order valence-electron chi connectivity index (χ1n) is 8.80. The van der Waals surface area contributed by atoms with Crippen LogP contribution in [0.1, 0.15) is 24.1 Å². The molecule has 5 heteroatoms. The van der Waals surface area contributed by atoms with Gasteiger partial charge in [-0.2, -0.15) is 0 Å². The zero-order valence-corrected chi connectivity index (χ0v) is 14.7. The predicted octanol–water partition coefficient (Wildman–Crippen LogP) is 4.33. The molecule has 1 unspecified atom stereocenters. The summed E-state index contributed by atoms with van der Waals surface area (Å²) < 4.78 is 10.8. The molecule has 2 aromatic carbocycles. The fourth-order valence-electron chi connectivity index (χ4n) is 2.99. The lowest BCUT2D eigenvalue weighted by atomic mass is 9.95. The third-order valence-corrected chi connectivity index (χ3v) is 4.53. The lowest BCUT2D eigenvalue weighted by molar-refractivity contribution is 0.170. The molecule has 0 aliphatic carbocycles. The first kappa shape index (κ1) is 16.5.